The molecule has 0 spiro atoms. The van der Waals surface area contributed by atoms with Gasteiger partial charge in [0.05, 0.1) is 10.0 Å². The minimum absolute atomic E-state index is 0.0150. The molecule has 0 radical (unpaired) electrons. The fourth-order valence-electron chi connectivity index (χ4n) is 4.81. The molecule has 0 bridgehead atoms. The minimum atomic E-state index is -0.0150. The highest BCUT2D eigenvalue weighted by molar-refractivity contribution is 7.96. The molecule has 184 valence electrons. The summed E-state index contributed by atoms with van der Waals surface area (Å²) < 4.78 is 3.49. The summed E-state index contributed by atoms with van der Waals surface area (Å²) in [7, 11) is 0. The largest absolute Gasteiger partial charge is 0.366 e. The average Bonchev–Trinajstić information content (AvgIpc) is 2.86. The summed E-state index contributed by atoms with van der Waals surface area (Å²) in [6.07, 6.45) is 7.96. The molecule has 1 amide bonds. The van der Waals surface area contributed by atoms with Crippen LogP contribution in [0.15, 0.2) is 24.5 Å². The average molecular weight is 524 g/mol. The van der Waals surface area contributed by atoms with Crippen molar-refractivity contribution in [1.29, 1.82) is 0 Å². The lowest BCUT2D eigenvalue weighted by Crippen LogP contribution is -2.50. The van der Waals surface area contributed by atoms with Gasteiger partial charge in [-0.1, -0.05) is 41.2 Å². The first kappa shape index (κ1) is 25.5. The molecule has 0 atom stereocenters. The van der Waals surface area contributed by atoms with Gasteiger partial charge in [-0.05, 0) is 69.6 Å². The molecule has 2 aliphatic heterocycles. The van der Waals surface area contributed by atoms with Crippen molar-refractivity contribution in [2.75, 3.05) is 37.8 Å². The molecule has 2 fully saturated rings. The van der Waals surface area contributed by atoms with E-state index in [1.165, 1.54) is 19.2 Å². The summed E-state index contributed by atoms with van der Waals surface area (Å²) in [5, 5.41) is 4.34. The van der Waals surface area contributed by atoms with Crippen molar-refractivity contribution in [3.63, 3.8) is 0 Å². The van der Waals surface area contributed by atoms with Crippen LogP contribution >= 0.6 is 35.1 Å². The topological polar surface area (TPSA) is 73.4 Å². The van der Waals surface area contributed by atoms with Crippen LogP contribution in [0.1, 0.15) is 47.3 Å². The molecule has 1 aromatic carbocycles. The number of likely N-dealkylation sites (tertiary alicyclic amines) is 2. The fraction of sp³-hybridized carbons (Fsp3) is 0.542. The zero-order valence-electron chi connectivity index (χ0n) is 19.7. The lowest BCUT2D eigenvalue weighted by atomic mass is 9.98. The molecule has 2 aromatic rings. The number of halogens is 2. The molecule has 2 aliphatic rings. The predicted octanol–water partition coefficient (Wildman–Crippen LogP) is 4.64. The second-order valence-corrected chi connectivity index (χ2v) is 10.4. The quantitative estimate of drug-likeness (QED) is 0.513. The second-order valence-electron chi connectivity index (χ2n) is 8.95. The highest BCUT2D eigenvalue weighted by atomic mass is 35.5. The van der Waals surface area contributed by atoms with Crippen molar-refractivity contribution >= 4 is 46.9 Å². The number of carbonyl (C=O) groups is 1. The summed E-state index contributed by atoms with van der Waals surface area (Å²) >= 11 is 13.8. The van der Waals surface area contributed by atoms with Crippen molar-refractivity contribution in [3.8, 4) is 0 Å². The Morgan fingerprint density at radius 3 is 2.50 bits per heavy atom. The SMILES string of the molecule is CSNC1CCN(C2CCN(C(=O)c3ncnc(NCc4ccc(Cl)c(Cl)c4)c3C)CC2)CC1. The van der Waals surface area contributed by atoms with Crippen molar-refractivity contribution in [3.05, 3.63) is 51.4 Å². The van der Waals surface area contributed by atoms with Crippen molar-refractivity contribution in [2.45, 2.75) is 51.2 Å². The summed E-state index contributed by atoms with van der Waals surface area (Å²) in [4.78, 5) is 26.5. The third kappa shape index (κ3) is 6.15. The Morgan fingerprint density at radius 1 is 1.09 bits per heavy atom. The molecule has 2 saturated heterocycles. The number of anilines is 1. The van der Waals surface area contributed by atoms with E-state index in [2.05, 4.69) is 31.2 Å². The Kier molecular flexibility index (Phi) is 8.93. The molecule has 3 heterocycles. The van der Waals surface area contributed by atoms with Gasteiger partial charge in [0.15, 0.2) is 0 Å². The molecular weight excluding hydrogens is 491 g/mol. The van der Waals surface area contributed by atoms with Gasteiger partial charge in [0.2, 0.25) is 0 Å². The van der Waals surface area contributed by atoms with Gasteiger partial charge in [-0.15, -0.1) is 0 Å². The van der Waals surface area contributed by atoms with Crippen LogP contribution in [0.4, 0.5) is 5.82 Å². The Morgan fingerprint density at radius 2 is 1.82 bits per heavy atom. The normalized spacial score (nSPS) is 18.3. The van der Waals surface area contributed by atoms with Gasteiger partial charge in [-0.25, -0.2) is 9.97 Å². The van der Waals surface area contributed by atoms with Crippen molar-refractivity contribution in [2.24, 2.45) is 0 Å². The van der Waals surface area contributed by atoms with Crippen molar-refractivity contribution < 1.29 is 4.79 Å². The van der Waals surface area contributed by atoms with Gasteiger partial charge >= 0.3 is 0 Å². The van der Waals surface area contributed by atoms with E-state index in [1.807, 2.05) is 24.0 Å². The lowest BCUT2D eigenvalue weighted by Gasteiger charge is -2.41. The van der Waals surface area contributed by atoms with Gasteiger partial charge < -0.3 is 15.1 Å². The zero-order chi connectivity index (χ0) is 24.1. The van der Waals surface area contributed by atoms with Gasteiger partial charge in [-0.2, -0.15) is 0 Å². The Bertz CT molecular complexity index is 993. The van der Waals surface area contributed by atoms with Gasteiger partial charge in [0.1, 0.15) is 17.8 Å². The summed E-state index contributed by atoms with van der Waals surface area (Å²) in [5.41, 5.74) is 2.21. The molecule has 10 heteroatoms. The van der Waals surface area contributed by atoms with Crippen molar-refractivity contribution in [1.82, 2.24) is 24.5 Å². The summed E-state index contributed by atoms with van der Waals surface area (Å²) in [5.74, 6) is 0.639. The summed E-state index contributed by atoms with van der Waals surface area (Å²) in [6, 6.07) is 6.69. The third-order valence-corrected chi connectivity index (χ3v) is 8.12. The first-order valence-electron chi connectivity index (χ1n) is 11.8. The van der Waals surface area contributed by atoms with Gasteiger partial charge in [-0.3, -0.25) is 9.52 Å². The van der Waals surface area contributed by atoms with Crippen LogP contribution in [0.25, 0.3) is 0 Å². The standard InChI is InChI=1S/C24H32Cl2N6OS/c1-16-22(28-15-29-23(16)27-14-17-3-4-20(25)21(26)13-17)24(33)32-11-7-19(8-12-32)31-9-5-18(6-10-31)30-34-2/h3-4,13,15,18-19,30H,5-12,14H2,1-2H3,(H,27,28,29). The van der Waals surface area contributed by atoms with E-state index in [-0.39, 0.29) is 5.91 Å². The number of nitrogens with one attached hydrogen (secondary N) is 2. The predicted molar refractivity (Wildman–Crippen MR) is 141 cm³/mol. The zero-order valence-corrected chi connectivity index (χ0v) is 22.0. The lowest BCUT2D eigenvalue weighted by molar-refractivity contribution is 0.0571. The number of aromatic nitrogens is 2. The van der Waals surface area contributed by atoms with Crippen LogP contribution in [0.3, 0.4) is 0 Å². The fourth-order valence-corrected chi connectivity index (χ4v) is 5.70. The molecular formula is C24H32Cl2N6OS. The molecule has 0 unspecified atom stereocenters. The molecule has 0 saturated carbocycles. The van der Waals surface area contributed by atoms with Crippen LogP contribution in [-0.4, -0.2) is 70.2 Å². The first-order valence-corrected chi connectivity index (χ1v) is 13.8. The molecule has 0 aliphatic carbocycles. The van der Waals surface area contributed by atoms with E-state index >= 15 is 0 Å². The van der Waals surface area contributed by atoms with Gasteiger partial charge in [0.25, 0.3) is 5.91 Å². The number of benzene rings is 1. The Balaban J connectivity index is 1.32. The number of rotatable bonds is 7. The van der Waals surface area contributed by atoms with E-state index in [4.69, 9.17) is 23.2 Å². The maximum atomic E-state index is 13.3. The number of hydrogen-bond acceptors (Lipinski definition) is 7. The van der Waals surface area contributed by atoms with E-state index in [0.29, 0.717) is 40.2 Å². The number of hydrogen-bond donors (Lipinski definition) is 2. The maximum absolute atomic E-state index is 13.3. The Hall–Kier alpha value is -1.58. The number of amides is 1. The molecule has 1 aromatic heterocycles. The van der Waals surface area contributed by atoms with E-state index < -0.39 is 0 Å². The molecule has 34 heavy (non-hydrogen) atoms. The molecule has 2 N–H and O–H groups in total. The van der Waals surface area contributed by atoms with Crippen LogP contribution in [0, 0.1) is 6.92 Å². The smallest absolute Gasteiger partial charge is 0.272 e. The maximum Gasteiger partial charge on any atom is 0.272 e. The summed E-state index contributed by atoms with van der Waals surface area (Å²) in [6.45, 7) is 6.22. The molecule has 7 nitrogen and oxygen atoms in total. The Labute approximate surface area is 216 Å². The van der Waals surface area contributed by atoms with Gasteiger partial charge in [0, 0.05) is 37.3 Å². The third-order valence-electron chi connectivity index (χ3n) is 6.81. The highest BCUT2D eigenvalue weighted by Gasteiger charge is 2.31. The van der Waals surface area contributed by atoms with Crippen LogP contribution in [-0.2, 0) is 6.54 Å². The van der Waals surface area contributed by atoms with E-state index in [0.717, 1.165) is 50.1 Å². The number of nitrogens with zero attached hydrogens (tertiary/aromatic N) is 4. The highest BCUT2D eigenvalue weighted by Crippen LogP contribution is 2.25. The minimum Gasteiger partial charge on any atom is -0.366 e. The van der Waals surface area contributed by atoms with Crippen LogP contribution < -0.4 is 10.0 Å². The monoisotopic (exact) mass is 522 g/mol. The van der Waals surface area contributed by atoms with Crippen LogP contribution in [0.2, 0.25) is 10.0 Å². The number of carbonyl (C=O) groups excluding carboxylic acids is 1. The number of piperidine rings is 2. The van der Waals surface area contributed by atoms with E-state index in [1.54, 1.807) is 18.0 Å². The first-order chi connectivity index (χ1) is 16.5. The van der Waals surface area contributed by atoms with Crippen LogP contribution in [0.5, 0.6) is 0 Å². The molecule has 4 rings (SSSR count). The second kappa shape index (κ2) is 11.9. The van der Waals surface area contributed by atoms with E-state index in [9.17, 15) is 4.79 Å².